The molecule has 0 fully saturated rings. The molecule has 0 saturated heterocycles. The van der Waals surface area contributed by atoms with Crippen LogP contribution >= 0.6 is 0 Å². The van der Waals surface area contributed by atoms with Crippen molar-refractivity contribution in [2.75, 3.05) is 13.2 Å². The number of unbranched alkanes of at least 4 members (excludes halogenated alkanes) is 51. The molecule has 0 bridgehead atoms. The van der Waals surface area contributed by atoms with Crippen molar-refractivity contribution in [2.24, 2.45) is 0 Å². The molecule has 2 unspecified atom stereocenters. The van der Waals surface area contributed by atoms with Crippen molar-refractivity contribution in [2.45, 2.75) is 398 Å². The summed E-state index contributed by atoms with van der Waals surface area (Å²) in [5.74, 6) is -0.0138. The van der Waals surface area contributed by atoms with Gasteiger partial charge in [0.2, 0.25) is 5.91 Å². The smallest absolute Gasteiger partial charge is 0.305 e. The topological polar surface area (TPSA) is 95.9 Å². The minimum absolute atomic E-state index is 0.0173. The van der Waals surface area contributed by atoms with Crippen molar-refractivity contribution in [3.05, 3.63) is 12.2 Å². The third kappa shape index (κ3) is 59.8. The molecule has 6 nitrogen and oxygen atoms in total. The number of nitrogens with one attached hydrogen (secondary N) is 1. The lowest BCUT2D eigenvalue weighted by atomic mass is 10.0. The van der Waals surface area contributed by atoms with Gasteiger partial charge in [-0.2, -0.15) is 0 Å². The number of esters is 1. The summed E-state index contributed by atoms with van der Waals surface area (Å²) in [6, 6.07) is -0.536. The molecule has 0 aromatic carbocycles. The number of hydrogen-bond donors (Lipinski definition) is 3. The largest absolute Gasteiger partial charge is 0.466 e. The number of amides is 1. The van der Waals surface area contributed by atoms with Crippen LogP contribution in [0, 0.1) is 0 Å². The third-order valence-corrected chi connectivity index (χ3v) is 16.1. The lowest BCUT2D eigenvalue weighted by molar-refractivity contribution is -0.143. The molecule has 0 saturated carbocycles. The Balaban J connectivity index is 3.29. The minimum atomic E-state index is -0.659. The molecule has 0 aliphatic rings. The van der Waals surface area contributed by atoms with Gasteiger partial charge in [0.15, 0.2) is 0 Å². The lowest BCUT2D eigenvalue weighted by Gasteiger charge is -2.22. The maximum atomic E-state index is 12.4. The summed E-state index contributed by atoms with van der Waals surface area (Å²) in [5.41, 5.74) is 0. The Hall–Kier alpha value is -1.40. The van der Waals surface area contributed by atoms with Gasteiger partial charge in [-0.25, -0.2) is 0 Å². The van der Waals surface area contributed by atoms with E-state index in [0.29, 0.717) is 25.9 Å². The molecular formula is C68H133NO5. The molecule has 0 spiro atoms. The Kier molecular flexibility index (Phi) is 62.9. The van der Waals surface area contributed by atoms with E-state index in [2.05, 4.69) is 31.3 Å². The minimum Gasteiger partial charge on any atom is -0.466 e. The van der Waals surface area contributed by atoms with E-state index in [9.17, 15) is 19.8 Å². The van der Waals surface area contributed by atoms with Crippen molar-refractivity contribution >= 4 is 11.9 Å². The molecule has 2 atom stereocenters. The summed E-state index contributed by atoms with van der Waals surface area (Å²) < 4.78 is 5.51. The van der Waals surface area contributed by atoms with Crippen molar-refractivity contribution in [1.82, 2.24) is 5.32 Å². The number of aliphatic hydroxyl groups excluding tert-OH is 2. The monoisotopic (exact) mass is 1040 g/mol. The number of rotatable bonds is 64. The van der Waals surface area contributed by atoms with Crippen LogP contribution in [-0.2, 0) is 14.3 Å². The Labute approximate surface area is 463 Å². The maximum Gasteiger partial charge on any atom is 0.305 e. The SMILES string of the molecule is CCCCCCCCC/C=C\CCCCCCCCCC(=O)OCCCCCCCCCCCCCCCCCCCCCCCCCCCCCCCC(=O)NC(CO)C(O)CCCCCCCCCCCC. The molecule has 0 radical (unpaired) electrons. The molecule has 0 aliphatic heterocycles. The van der Waals surface area contributed by atoms with Gasteiger partial charge in [0, 0.05) is 12.8 Å². The summed E-state index contributed by atoms with van der Waals surface area (Å²) in [6.45, 7) is 4.97. The van der Waals surface area contributed by atoms with Gasteiger partial charge in [-0.1, -0.05) is 334 Å². The van der Waals surface area contributed by atoms with Crippen molar-refractivity contribution in [3.63, 3.8) is 0 Å². The van der Waals surface area contributed by atoms with Crippen molar-refractivity contribution in [1.29, 1.82) is 0 Å². The average Bonchev–Trinajstić information content (AvgIpc) is 3.40. The predicted molar refractivity (Wildman–Crippen MR) is 324 cm³/mol. The van der Waals surface area contributed by atoms with E-state index in [1.807, 2.05) is 0 Å². The van der Waals surface area contributed by atoms with Crippen LogP contribution in [0.15, 0.2) is 12.2 Å². The van der Waals surface area contributed by atoms with Gasteiger partial charge < -0.3 is 20.3 Å². The number of allylic oxidation sites excluding steroid dienone is 2. The first-order valence-corrected chi connectivity index (χ1v) is 33.9. The number of hydrogen-bond acceptors (Lipinski definition) is 5. The first-order chi connectivity index (χ1) is 36.5. The molecule has 0 heterocycles. The van der Waals surface area contributed by atoms with Gasteiger partial charge in [0.1, 0.15) is 0 Å². The van der Waals surface area contributed by atoms with Gasteiger partial charge in [-0.05, 0) is 51.4 Å². The zero-order chi connectivity index (χ0) is 53.6. The van der Waals surface area contributed by atoms with E-state index in [1.165, 1.54) is 308 Å². The second kappa shape index (κ2) is 64.1. The molecular weight excluding hydrogens is 911 g/mol. The van der Waals surface area contributed by atoms with E-state index in [1.54, 1.807) is 0 Å². The van der Waals surface area contributed by atoms with Gasteiger partial charge in [-0.3, -0.25) is 9.59 Å². The van der Waals surface area contributed by atoms with E-state index >= 15 is 0 Å². The fourth-order valence-electron chi connectivity index (χ4n) is 10.9. The highest BCUT2D eigenvalue weighted by atomic mass is 16.5. The predicted octanol–water partition coefficient (Wildman–Crippen LogP) is 21.6. The van der Waals surface area contributed by atoms with E-state index in [4.69, 9.17) is 4.74 Å². The molecule has 3 N–H and O–H groups in total. The van der Waals surface area contributed by atoms with Crippen LogP contribution in [-0.4, -0.2) is 47.4 Å². The Bertz CT molecular complexity index is 1110. The number of carbonyl (C=O) groups excluding carboxylic acids is 2. The second-order valence-corrected chi connectivity index (χ2v) is 23.5. The molecule has 1 amide bonds. The highest BCUT2D eigenvalue weighted by Crippen LogP contribution is 2.19. The summed E-state index contributed by atoms with van der Waals surface area (Å²) in [6.07, 6.45) is 78.4. The fraction of sp³-hybridized carbons (Fsp3) is 0.941. The summed E-state index contributed by atoms with van der Waals surface area (Å²) in [7, 11) is 0. The summed E-state index contributed by atoms with van der Waals surface area (Å²) in [4.78, 5) is 24.5. The van der Waals surface area contributed by atoms with E-state index in [0.717, 1.165) is 44.9 Å². The number of carbonyl (C=O) groups is 2. The van der Waals surface area contributed by atoms with Crippen LogP contribution in [0.4, 0.5) is 0 Å². The molecule has 0 aromatic heterocycles. The normalized spacial score (nSPS) is 12.5. The fourth-order valence-corrected chi connectivity index (χ4v) is 10.9. The summed E-state index contributed by atoms with van der Waals surface area (Å²) >= 11 is 0. The Morgan fingerprint density at radius 1 is 0.365 bits per heavy atom. The molecule has 74 heavy (non-hydrogen) atoms. The van der Waals surface area contributed by atoms with Gasteiger partial charge >= 0.3 is 5.97 Å². The first kappa shape index (κ1) is 72.6. The zero-order valence-electron chi connectivity index (χ0n) is 50.4. The molecule has 440 valence electrons. The van der Waals surface area contributed by atoms with Crippen molar-refractivity contribution in [3.8, 4) is 0 Å². The highest BCUT2D eigenvalue weighted by molar-refractivity contribution is 5.76. The molecule has 0 aromatic rings. The van der Waals surface area contributed by atoms with Crippen LogP contribution in [0.2, 0.25) is 0 Å². The maximum absolute atomic E-state index is 12.4. The van der Waals surface area contributed by atoms with Crippen molar-refractivity contribution < 1.29 is 24.5 Å². The summed E-state index contributed by atoms with van der Waals surface area (Å²) in [5, 5.41) is 23.2. The van der Waals surface area contributed by atoms with Crippen LogP contribution in [0.5, 0.6) is 0 Å². The van der Waals surface area contributed by atoms with E-state index < -0.39 is 12.1 Å². The Morgan fingerprint density at radius 2 is 0.635 bits per heavy atom. The van der Waals surface area contributed by atoms with Gasteiger partial charge in [0.25, 0.3) is 0 Å². The molecule has 0 rings (SSSR count). The van der Waals surface area contributed by atoms with Crippen LogP contribution in [0.3, 0.4) is 0 Å². The quantitative estimate of drug-likeness (QED) is 0.0320. The molecule has 6 heteroatoms. The van der Waals surface area contributed by atoms with Crippen LogP contribution in [0.25, 0.3) is 0 Å². The third-order valence-electron chi connectivity index (χ3n) is 16.1. The molecule has 0 aliphatic carbocycles. The van der Waals surface area contributed by atoms with Gasteiger partial charge in [-0.15, -0.1) is 0 Å². The Morgan fingerprint density at radius 3 is 0.959 bits per heavy atom. The first-order valence-electron chi connectivity index (χ1n) is 33.9. The highest BCUT2D eigenvalue weighted by Gasteiger charge is 2.20. The van der Waals surface area contributed by atoms with E-state index in [-0.39, 0.29) is 18.5 Å². The zero-order valence-corrected chi connectivity index (χ0v) is 50.4. The van der Waals surface area contributed by atoms with Crippen LogP contribution < -0.4 is 5.32 Å². The van der Waals surface area contributed by atoms with Gasteiger partial charge in [0.05, 0.1) is 25.4 Å². The average molecular weight is 1040 g/mol. The number of aliphatic hydroxyl groups is 2. The number of ether oxygens (including phenoxy) is 1. The van der Waals surface area contributed by atoms with Crippen LogP contribution in [0.1, 0.15) is 386 Å². The standard InChI is InChI=1S/C68H133NO5/c1-3-5-7-9-11-13-15-16-17-18-33-36-39-42-46-50-54-58-62-68(73)74-63-59-55-51-47-43-40-37-34-31-29-27-25-23-21-19-20-22-24-26-28-30-32-35-38-41-45-49-53-57-61-67(72)69-65(64-70)66(71)60-56-52-48-44-14-12-10-8-6-4-2/h17-18,65-66,70-71H,3-16,19-64H2,1-2H3,(H,69,72)/b18-17-. The lowest BCUT2D eigenvalue weighted by Crippen LogP contribution is -2.45. The second-order valence-electron chi connectivity index (χ2n) is 23.5.